The topological polar surface area (TPSA) is 103 Å². The van der Waals surface area contributed by atoms with E-state index in [0.717, 1.165) is 5.69 Å². The second-order valence-corrected chi connectivity index (χ2v) is 7.20. The Hall–Kier alpha value is -4.01. The number of benzene rings is 1. The first-order valence-corrected chi connectivity index (χ1v) is 10.2. The third-order valence-corrected chi connectivity index (χ3v) is 5.24. The van der Waals surface area contributed by atoms with E-state index in [1.54, 1.807) is 30.3 Å². The Morgan fingerprint density at radius 2 is 1.62 bits per heavy atom. The first kappa shape index (κ1) is 21.2. The maximum absolute atomic E-state index is 13.0. The molecule has 0 aliphatic carbocycles. The zero-order valence-corrected chi connectivity index (χ0v) is 18.0. The van der Waals surface area contributed by atoms with Crippen molar-refractivity contribution in [3.63, 3.8) is 0 Å². The lowest BCUT2D eigenvalue weighted by Crippen LogP contribution is -2.49. The molecule has 0 atom stereocenters. The molecule has 166 valence electrons. The highest BCUT2D eigenvalue weighted by molar-refractivity contribution is 5.93. The molecule has 0 spiro atoms. The van der Waals surface area contributed by atoms with E-state index in [-0.39, 0.29) is 5.91 Å². The number of ether oxygens (including phenoxy) is 3. The normalized spacial score (nSPS) is 13.6. The van der Waals surface area contributed by atoms with Crippen LogP contribution in [0, 0.1) is 0 Å². The maximum atomic E-state index is 13.0. The number of nitrogens with two attached hydrogens (primary N) is 1. The number of pyridine rings is 2. The number of hydrogen-bond acceptors (Lipinski definition) is 8. The zero-order valence-electron chi connectivity index (χ0n) is 18.0. The fourth-order valence-electron chi connectivity index (χ4n) is 3.55. The lowest BCUT2D eigenvalue weighted by atomic mass is 10.2. The Morgan fingerprint density at radius 3 is 2.31 bits per heavy atom. The molecule has 1 aliphatic rings. The van der Waals surface area contributed by atoms with Crippen LogP contribution < -0.4 is 24.8 Å². The predicted molar refractivity (Wildman–Crippen MR) is 121 cm³/mol. The van der Waals surface area contributed by atoms with Gasteiger partial charge in [-0.2, -0.15) is 0 Å². The molecule has 2 aromatic heterocycles. The minimum Gasteiger partial charge on any atom is -0.494 e. The number of anilines is 2. The highest BCUT2D eigenvalue weighted by Gasteiger charge is 2.25. The Balaban J connectivity index is 1.44. The van der Waals surface area contributed by atoms with E-state index in [4.69, 9.17) is 19.9 Å². The summed E-state index contributed by atoms with van der Waals surface area (Å²) in [5, 5.41) is 0. The molecule has 9 heteroatoms. The average Bonchev–Trinajstić information content (AvgIpc) is 2.84. The van der Waals surface area contributed by atoms with E-state index < -0.39 is 0 Å². The standard InChI is InChI=1S/C23H25N5O4/c1-30-19-13-22(24)26-14-18(19)27-8-10-28(11-9-27)23(29)17-12-20(31-2)21(15-25-17)32-16-6-4-3-5-7-16/h3-7,12-15H,8-11H2,1-2H3,(H2,24,26). The van der Waals surface area contributed by atoms with Crippen molar-refractivity contribution >= 4 is 17.4 Å². The van der Waals surface area contributed by atoms with Crippen LogP contribution in [-0.2, 0) is 0 Å². The number of para-hydroxylation sites is 1. The van der Waals surface area contributed by atoms with Gasteiger partial charge in [0.1, 0.15) is 23.0 Å². The fraction of sp³-hybridized carbons (Fsp3) is 0.261. The highest BCUT2D eigenvalue weighted by Crippen LogP contribution is 2.32. The number of nitrogen functional groups attached to an aromatic ring is 1. The number of carbonyl (C=O) groups is 1. The molecular formula is C23H25N5O4. The van der Waals surface area contributed by atoms with Crippen molar-refractivity contribution in [1.82, 2.24) is 14.9 Å². The average molecular weight is 435 g/mol. The zero-order chi connectivity index (χ0) is 22.5. The molecule has 3 aromatic rings. The lowest BCUT2D eigenvalue weighted by molar-refractivity contribution is 0.0740. The van der Waals surface area contributed by atoms with Crippen molar-refractivity contribution in [2.24, 2.45) is 0 Å². The summed E-state index contributed by atoms with van der Waals surface area (Å²) in [4.78, 5) is 25.4. The Morgan fingerprint density at radius 1 is 0.906 bits per heavy atom. The van der Waals surface area contributed by atoms with Crippen molar-refractivity contribution in [1.29, 1.82) is 0 Å². The van der Waals surface area contributed by atoms with Crippen molar-refractivity contribution in [3.05, 3.63) is 60.6 Å². The first-order chi connectivity index (χ1) is 15.6. The quantitative estimate of drug-likeness (QED) is 0.631. The molecule has 3 heterocycles. The van der Waals surface area contributed by atoms with E-state index in [9.17, 15) is 4.79 Å². The number of carbonyl (C=O) groups excluding carboxylic acids is 1. The van der Waals surface area contributed by atoms with E-state index in [1.165, 1.54) is 13.3 Å². The van der Waals surface area contributed by atoms with Crippen LogP contribution in [0.15, 0.2) is 54.9 Å². The summed E-state index contributed by atoms with van der Waals surface area (Å²) in [5.41, 5.74) is 6.91. The van der Waals surface area contributed by atoms with Crippen LogP contribution in [0.2, 0.25) is 0 Å². The van der Waals surface area contributed by atoms with Crippen LogP contribution in [0.4, 0.5) is 11.5 Å². The molecule has 1 amide bonds. The molecule has 4 rings (SSSR count). The van der Waals surface area contributed by atoms with Crippen LogP contribution in [0.1, 0.15) is 10.5 Å². The van der Waals surface area contributed by atoms with Crippen LogP contribution in [-0.4, -0.2) is 61.2 Å². The summed E-state index contributed by atoms with van der Waals surface area (Å²) in [6.45, 7) is 2.36. The van der Waals surface area contributed by atoms with E-state index in [1.807, 2.05) is 30.3 Å². The van der Waals surface area contributed by atoms with Crippen LogP contribution in [0.3, 0.4) is 0 Å². The molecular weight excluding hydrogens is 410 g/mol. The van der Waals surface area contributed by atoms with E-state index in [2.05, 4.69) is 14.9 Å². The summed E-state index contributed by atoms with van der Waals surface area (Å²) in [7, 11) is 3.14. The van der Waals surface area contributed by atoms with Gasteiger partial charge >= 0.3 is 0 Å². The molecule has 2 N–H and O–H groups in total. The summed E-state index contributed by atoms with van der Waals surface area (Å²) in [6.07, 6.45) is 3.21. The number of rotatable bonds is 6. The molecule has 0 bridgehead atoms. The Labute approximate surface area is 186 Å². The second-order valence-electron chi connectivity index (χ2n) is 7.20. The monoisotopic (exact) mass is 435 g/mol. The number of hydrogen-bond donors (Lipinski definition) is 1. The predicted octanol–water partition coefficient (Wildman–Crippen LogP) is 2.83. The Kier molecular flexibility index (Phi) is 6.25. The van der Waals surface area contributed by atoms with Gasteiger partial charge in [-0.05, 0) is 12.1 Å². The van der Waals surface area contributed by atoms with Crippen LogP contribution in [0.5, 0.6) is 23.0 Å². The van der Waals surface area contributed by atoms with Gasteiger partial charge in [0, 0.05) is 38.3 Å². The van der Waals surface area contributed by atoms with Gasteiger partial charge in [0.25, 0.3) is 5.91 Å². The lowest BCUT2D eigenvalue weighted by Gasteiger charge is -2.36. The first-order valence-electron chi connectivity index (χ1n) is 10.2. The summed E-state index contributed by atoms with van der Waals surface area (Å²) in [6, 6.07) is 12.6. The summed E-state index contributed by atoms with van der Waals surface area (Å²) >= 11 is 0. The molecule has 0 radical (unpaired) electrons. The molecule has 0 saturated carbocycles. The number of piperazine rings is 1. The summed E-state index contributed by atoms with van der Waals surface area (Å²) in [5.74, 6) is 2.47. The van der Waals surface area contributed by atoms with Crippen molar-refractivity contribution in [2.45, 2.75) is 0 Å². The number of nitrogens with zero attached hydrogens (tertiary/aromatic N) is 4. The number of aromatic nitrogens is 2. The molecule has 1 aromatic carbocycles. The molecule has 9 nitrogen and oxygen atoms in total. The second kappa shape index (κ2) is 9.42. The van der Waals surface area contributed by atoms with Gasteiger partial charge in [-0.1, -0.05) is 18.2 Å². The third-order valence-electron chi connectivity index (χ3n) is 5.24. The number of amides is 1. The van der Waals surface area contributed by atoms with E-state index >= 15 is 0 Å². The van der Waals surface area contributed by atoms with Crippen LogP contribution >= 0.6 is 0 Å². The van der Waals surface area contributed by atoms with Gasteiger partial charge in [0.15, 0.2) is 11.5 Å². The molecule has 1 aliphatic heterocycles. The molecule has 1 fully saturated rings. The highest BCUT2D eigenvalue weighted by atomic mass is 16.5. The largest absolute Gasteiger partial charge is 0.494 e. The van der Waals surface area contributed by atoms with Gasteiger partial charge < -0.3 is 29.7 Å². The minimum atomic E-state index is -0.156. The molecule has 32 heavy (non-hydrogen) atoms. The van der Waals surface area contributed by atoms with Gasteiger partial charge in [-0.3, -0.25) is 4.79 Å². The van der Waals surface area contributed by atoms with Gasteiger partial charge in [-0.15, -0.1) is 0 Å². The van der Waals surface area contributed by atoms with E-state index in [0.29, 0.717) is 60.7 Å². The van der Waals surface area contributed by atoms with Crippen molar-refractivity contribution in [2.75, 3.05) is 51.0 Å². The minimum absolute atomic E-state index is 0.156. The smallest absolute Gasteiger partial charge is 0.272 e. The Bertz CT molecular complexity index is 1080. The number of methoxy groups -OCH3 is 2. The maximum Gasteiger partial charge on any atom is 0.272 e. The molecule has 0 unspecified atom stereocenters. The van der Waals surface area contributed by atoms with Gasteiger partial charge in [-0.25, -0.2) is 9.97 Å². The van der Waals surface area contributed by atoms with Crippen molar-refractivity contribution < 1.29 is 19.0 Å². The third kappa shape index (κ3) is 4.51. The molecule has 1 saturated heterocycles. The fourth-order valence-corrected chi connectivity index (χ4v) is 3.55. The van der Waals surface area contributed by atoms with Crippen molar-refractivity contribution in [3.8, 4) is 23.0 Å². The van der Waals surface area contributed by atoms with Gasteiger partial charge in [0.2, 0.25) is 0 Å². The van der Waals surface area contributed by atoms with Crippen LogP contribution in [0.25, 0.3) is 0 Å². The SMILES string of the molecule is COc1cc(C(=O)N2CCN(c3cnc(N)cc3OC)CC2)ncc1Oc1ccccc1. The summed E-state index contributed by atoms with van der Waals surface area (Å²) < 4.78 is 16.7. The van der Waals surface area contributed by atoms with Gasteiger partial charge in [0.05, 0.1) is 32.3 Å².